The van der Waals surface area contributed by atoms with Crippen molar-refractivity contribution >= 4 is 5.97 Å². The third-order valence-corrected chi connectivity index (χ3v) is 2.54. The Labute approximate surface area is 108 Å². The molecule has 100 valence electrons. The van der Waals surface area contributed by atoms with E-state index < -0.39 is 11.6 Å². The van der Waals surface area contributed by atoms with Crippen LogP contribution >= 0.6 is 0 Å². The Hall–Kier alpha value is -1.39. The molecule has 0 saturated heterocycles. The van der Waals surface area contributed by atoms with E-state index in [4.69, 9.17) is 9.84 Å². The highest BCUT2D eigenvalue weighted by Crippen LogP contribution is 2.22. The van der Waals surface area contributed by atoms with E-state index in [1.54, 1.807) is 7.05 Å². The number of esters is 1. The Bertz CT molecular complexity index is 410. The molecule has 0 aliphatic heterocycles. The number of nitrogens with one attached hydrogen (secondary N) is 1. The van der Waals surface area contributed by atoms with Crippen LogP contribution in [-0.4, -0.2) is 18.1 Å². The highest BCUT2D eigenvalue weighted by molar-refractivity contribution is 5.75. The molecule has 0 aromatic heterocycles. The minimum Gasteiger partial charge on any atom is -0.442 e. The Morgan fingerprint density at radius 2 is 2.11 bits per heavy atom. The second kappa shape index (κ2) is 5.98. The van der Waals surface area contributed by atoms with Crippen LogP contribution in [0.1, 0.15) is 38.1 Å². The topological polar surface area (TPSA) is 58.6 Å². The van der Waals surface area contributed by atoms with Gasteiger partial charge in [-0.2, -0.15) is 0 Å². The van der Waals surface area contributed by atoms with Gasteiger partial charge in [-0.3, -0.25) is 10.1 Å². The molecule has 1 unspecified atom stereocenters. The van der Waals surface area contributed by atoms with Crippen molar-refractivity contribution in [1.29, 1.82) is 0 Å². The zero-order valence-electron chi connectivity index (χ0n) is 11.4. The van der Waals surface area contributed by atoms with Crippen molar-refractivity contribution in [2.24, 2.45) is 5.41 Å². The average Bonchev–Trinajstić information content (AvgIpc) is 2.34. The predicted molar refractivity (Wildman–Crippen MR) is 69.7 cm³/mol. The third kappa shape index (κ3) is 3.82. The summed E-state index contributed by atoms with van der Waals surface area (Å²) in [5, 5.41) is 12.0. The minimum absolute atomic E-state index is 0.0303. The van der Waals surface area contributed by atoms with Crippen molar-refractivity contribution in [3.8, 4) is 0 Å². The molecule has 2 N–H and O–H groups in total. The number of carbonyl (C=O) groups is 1. The van der Waals surface area contributed by atoms with Crippen LogP contribution in [0, 0.1) is 5.41 Å². The van der Waals surface area contributed by atoms with Crippen LogP contribution < -0.4 is 5.32 Å². The van der Waals surface area contributed by atoms with E-state index in [9.17, 15) is 4.79 Å². The molecule has 0 spiro atoms. The molecule has 0 fully saturated rings. The number of carbonyl (C=O) groups excluding carboxylic acids is 1. The predicted octanol–water partition coefficient (Wildman–Crippen LogP) is 1.99. The van der Waals surface area contributed by atoms with Gasteiger partial charge in [-0.1, -0.05) is 18.2 Å². The van der Waals surface area contributed by atoms with Crippen LogP contribution in [0.25, 0.3) is 0 Å². The normalized spacial score (nSPS) is 13.2. The monoisotopic (exact) mass is 251 g/mol. The summed E-state index contributed by atoms with van der Waals surface area (Å²) in [5.41, 5.74) is 1.07. The minimum atomic E-state index is -0.538. The fraction of sp³-hybridized carbons (Fsp3) is 0.500. The van der Waals surface area contributed by atoms with Gasteiger partial charge in [0, 0.05) is 5.56 Å². The van der Waals surface area contributed by atoms with Gasteiger partial charge in [0.25, 0.3) is 0 Å². The number of aliphatic hydroxyl groups is 1. The number of aliphatic hydroxyl groups excluding tert-OH is 1. The molecular weight excluding hydrogens is 230 g/mol. The summed E-state index contributed by atoms with van der Waals surface area (Å²) in [6.07, 6.45) is -0.497. The zero-order valence-corrected chi connectivity index (χ0v) is 11.4. The molecule has 0 saturated carbocycles. The average molecular weight is 251 g/mol. The fourth-order valence-electron chi connectivity index (χ4n) is 1.43. The first-order valence-corrected chi connectivity index (χ1v) is 5.96. The van der Waals surface area contributed by atoms with Crippen LogP contribution in [-0.2, 0) is 16.1 Å². The third-order valence-electron chi connectivity index (χ3n) is 2.54. The number of hydrogen-bond acceptors (Lipinski definition) is 4. The van der Waals surface area contributed by atoms with Gasteiger partial charge in [-0.25, -0.2) is 0 Å². The zero-order chi connectivity index (χ0) is 13.8. The van der Waals surface area contributed by atoms with Crippen molar-refractivity contribution in [3.05, 3.63) is 35.4 Å². The SMILES string of the molecule is CNC(OC(=O)C(C)(C)C)c1cccc(CO)c1. The summed E-state index contributed by atoms with van der Waals surface area (Å²) in [7, 11) is 1.73. The van der Waals surface area contributed by atoms with Gasteiger partial charge in [0.2, 0.25) is 0 Å². The molecule has 0 amide bonds. The maximum Gasteiger partial charge on any atom is 0.313 e. The largest absolute Gasteiger partial charge is 0.442 e. The highest BCUT2D eigenvalue weighted by atomic mass is 16.6. The summed E-state index contributed by atoms with van der Waals surface area (Å²) in [4.78, 5) is 11.9. The van der Waals surface area contributed by atoms with Crippen LogP contribution in [0.15, 0.2) is 24.3 Å². The Morgan fingerprint density at radius 3 is 2.61 bits per heavy atom. The molecule has 0 radical (unpaired) electrons. The molecule has 4 heteroatoms. The lowest BCUT2D eigenvalue weighted by Crippen LogP contribution is -2.30. The first-order valence-electron chi connectivity index (χ1n) is 5.96. The van der Waals surface area contributed by atoms with Crippen LogP contribution in [0.3, 0.4) is 0 Å². The van der Waals surface area contributed by atoms with E-state index >= 15 is 0 Å². The van der Waals surface area contributed by atoms with E-state index in [2.05, 4.69) is 5.32 Å². The Balaban J connectivity index is 2.86. The van der Waals surface area contributed by atoms with E-state index in [-0.39, 0.29) is 12.6 Å². The number of hydrogen-bond donors (Lipinski definition) is 2. The lowest BCUT2D eigenvalue weighted by molar-refractivity contribution is -0.160. The summed E-state index contributed by atoms with van der Waals surface area (Å²) in [6, 6.07) is 7.32. The van der Waals surface area contributed by atoms with Crippen molar-refractivity contribution in [1.82, 2.24) is 5.32 Å². The van der Waals surface area contributed by atoms with Crippen molar-refractivity contribution in [3.63, 3.8) is 0 Å². The maximum absolute atomic E-state index is 11.9. The van der Waals surface area contributed by atoms with E-state index in [0.717, 1.165) is 11.1 Å². The summed E-state index contributed by atoms with van der Waals surface area (Å²) in [6.45, 7) is 5.40. The number of rotatable bonds is 4. The lowest BCUT2D eigenvalue weighted by Gasteiger charge is -2.23. The number of benzene rings is 1. The van der Waals surface area contributed by atoms with Crippen molar-refractivity contribution in [2.75, 3.05) is 7.05 Å². The molecule has 0 heterocycles. The summed E-state index contributed by atoms with van der Waals surface area (Å²) >= 11 is 0. The van der Waals surface area contributed by atoms with E-state index in [0.29, 0.717) is 0 Å². The van der Waals surface area contributed by atoms with E-state index in [1.165, 1.54) is 0 Å². The van der Waals surface area contributed by atoms with Gasteiger partial charge in [0.1, 0.15) is 0 Å². The van der Waals surface area contributed by atoms with Gasteiger partial charge in [-0.05, 0) is 39.4 Å². The fourth-order valence-corrected chi connectivity index (χ4v) is 1.43. The van der Waals surface area contributed by atoms with Crippen LogP contribution in [0.2, 0.25) is 0 Å². The molecule has 0 bridgehead atoms. The van der Waals surface area contributed by atoms with Crippen LogP contribution in [0.5, 0.6) is 0 Å². The second-order valence-corrected chi connectivity index (χ2v) is 5.23. The Kier molecular flexibility index (Phi) is 4.87. The molecule has 1 aromatic rings. The molecule has 4 nitrogen and oxygen atoms in total. The quantitative estimate of drug-likeness (QED) is 0.634. The van der Waals surface area contributed by atoms with Gasteiger partial charge in [0.15, 0.2) is 6.23 Å². The maximum atomic E-state index is 11.9. The smallest absolute Gasteiger partial charge is 0.313 e. The lowest BCUT2D eigenvalue weighted by atomic mass is 9.97. The second-order valence-electron chi connectivity index (χ2n) is 5.23. The first-order chi connectivity index (χ1) is 8.38. The summed E-state index contributed by atoms with van der Waals surface area (Å²) in [5.74, 6) is -0.267. The molecule has 18 heavy (non-hydrogen) atoms. The van der Waals surface area contributed by atoms with E-state index in [1.807, 2.05) is 45.0 Å². The first kappa shape index (κ1) is 14.7. The van der Waals surface area contributed by atoms with Gasteiger partial charge >= 0.3 is 5.97 Å². The number of ether oxygens (including phenoxy) is 1. The standard InChI is InChI=1S/C14H21NO3/c1-14(2,3)13(17)18-12(15-4)11-7-5-6-10(8-11)9-16/h5-8,12,15-16H,9H2,1-4H3. The molecule has 1 atom stereocenters. The molecule has 0 aliphatic rings. The molecular formula is C14H21NO3. The van der Waals surface area contributed by atoms with Gasteiger partial charge < -0.3 is 9.84 Å². The molecule has 1 aromatic carbocycles. The highest BCUT2D eigenvalue weighted by Gasteiger charge is 2.26. The summed E-state index contributed by atoms with van der Waals surface area (Å²) < 4.78 is 5.42. The van der Waals surface area contributed by atoms with Gasteiger partial charge in [0.05, 0.1) is 12.0 Å². The molecule has 1 rings (SSSR count). The Morgan fingerprint density at radius 1 is 1.44 bits per heavy atom. The van der Waals surface area contributed by atoms with Crippen molar-refractivity contribution in [2.45, 2.75) is 33.6 Å². The van der Waals surface area contributed by atoms with Crippen molar-refractivity contribution < 1.29 is 14.6 Å². The van der Waals surface area contributed by atoms with Crippen LogP contribution in [0.4, 0.5) is 0 Å². The molecule has 0 aliphatic carbocycles. The van der Waals surface area contributed by atoms with Gasteiger partial charge in [-0.15, -0.1) is 0 Å².